The number of hydrogen-bond acceptors (Lipinski definition) is 5. The van der Waals surface area contributed by atoms with Gasteiger partial charge in [0.1, 0.15) is 0 Å². The maximum atomic E-state index is 11.6. The number of hydrogen-bond donors (Lipinski definition) is 1. The van der Waals surface area contributed by atoms with Crippen LogP contribution >= 0.6 is 0 Å². The van der Waals surface area contributed by atoms with E-state index in [-0.39, 0.29) is 11.3 Å². The molecule has 1 aromatic carbocycles. The van der Waals surface area contributed by atoms with E-state index in [4.69, 9.17) is 5.21 Å². The van der Waals surface area contributed by atoms with Gasteiger partial charge in [-0.1, -0.05) is 29.4 Å². The molecule has 1 aliphatic rings. The van der Waals surface area contributed by atoms with Gasteiger partial charge in [-0.3, -0.25) is 14.9 Å². The maximum Gasteiger partial charge on any atom is 0.320 e. The van der Waals surface area contributed by atoms with Crippen LogP contribution in [0.1, 0.15) is 15.9 Å². The number of Topliss-reactive ketones (excluding diaryl/α,β-unsaturated/α-hetero) is 1. The quantitative estimate of drug-likeness (QED) is 0.416. The van der Waals surface area contributed by atoms with Gasteiger partial charge in [-0.2, -0.15) is 0 Å². The molecule has 6 heteroatoms. The van der Waals surface area contributed by atoms with E-state index in [1.54, 1.807) is 12.1 Å². The average molecular weight is 206 g/mol. The van der Waals surface area contributed by atoms with Crippen LogP contribution in [0.3, 0.4) is 0 Å². The number of carbonyl (C=O) groups excluding carboxylic acids is 1. The first-order valence-electron chi connectivity index (χ1n) is 4.16. The van der Waals surface area contributed by atoms with Crippen LogP contribution in [-0.2, 0) is 0 Å². The number of rotatable bonds is 1. The second kappa shape index (κ2) is 3.16. The molecule has 0 aliphatic heterocycles. The first-order valence-corrected chi connectivity index (χ1v) is 4.16. The van der Waals surface area contributed by atoms with Gasteiger partial charge in [-0.15, -0.1) is 0 Å². The zero-order valence-electron chi connectivity index (χ0n) is 7.45. The molecular formula is C9H6N2O4. The zero-order valence-corrected chi connectivity index (χ0v) is 7.45. The van der Waals surface area contributed by atoms with Gasteiger partial charge in [0.2, 0.25) is 5.78 Å². The largest absolute Gasteiger partial charge is 0.410 e. The Morgan fingerprint density at radius 3 is 2.47 bits per heavy atom. The van der Waals surface area contributed by atoms with E-state index in [1.807, 2.05) is 0 Å². The van der Waals surface area contributed by atoms with E-state index in [0.717, 1.165) is 0 Å². The smallest absolute Gasteiger partial charge is 0.320 e. The summed E-state index contributed by atoms with van der Waals surface area (Å²) in [6.45, 7) is 0. The van der Waals surface area contributed by atoms with Crippen molar-refractivity contribution < 1.29 is 14.9 Å². The van der Waals surface area contributed by atoms with Crippen LogP contribution in [0.2, 0.25) is 0 Å². The van der Waals surface area contributed by atoms with Crippen LogP contribution in [0.15, 0.2) is 29.4 Å². The van der Waals surface area contributed by atoms with Crippen LogP contribution in [-0.4, -0.2) is 27.7 Å². The van der Waals surface area contributed by atoms with Crippen molar-refractivity contribution in [2.45, 2.75) is 6.04 Å². The highest BCUT2D eigenvalue weighted by molar-refractivity contribution is 6.30. The van der Waals surface area contributed by atoms with Crippen molar-refractivity contribution in [1.29, 1.82) is 0 Å². The minimum Gasteiger partial charge on any atom is -0.410 e. The normalized spacial score (nSPS) is 21.7. The maximum absolute atomic E-state index is 11.6. The molecule has 1 aromatic rings. The van der Waals surface area contributed by atoms with Crippen molar-refractivity contribution in [2.75, 3.05) is 0 Å². The molecule has 1 N–H and O–H groups in total. The van der Waals surface area contributed by atoms with Crippen molar-refractivity contribution in [2.24, 2.45) is 5.16 Å². The molecule has 76 valence electrons. The van der Waals surface area contributed by atoms with E-state index in [1.165, 1.54) is 12.1 Å². The lowest BCUT2D eigenvalue weighted by Gasteiger charge is -1.98. The fourth-order valence-corrected chi connectivity index (χ4v) is 1.64. The van der Waals surface area contributed by atoms with Gasteiger partial charge < -0.3 is 5.21 Å². The lowest BCUT2D eigenvalue weighted by molar-refractivity contribution is -0.486. The highest BCUT2D eigenvalue weighted by atomic mass is 16.6. The molecule has 0 radical (unpaired) electrons. The summed E-state index contributed by atoms with van der Waals surface area (Å²) < 4.78 is 0. The molecule has 0 amide bonds. The fourth-order valence-electron chi connectivity index (χ4n) is 1.64. The molecular weight excluding hydrogens is 200 g/mol. The lowest BCUT2D eigenvalue weighted by Crippen LogP contribution is -2.31. The van der Waals surface area contributed by atoms with Crippen molar-refractivity contribution in [3.05, 3.63) is 45.5 Å². The van der Waals surface area contributed by atoms with Crippen molar-refractivity contribution in [1.82, 2.24) is 0 Å². The van der Waals surface area contributed by atoms with Gasteiger partial charge in [-0.25, -0.2) is 0 Å². The van der Waals surface area contributed by atoms with Gasteiger partial charge in [-0.05, 0) is 0 Å². The molecule has 0 saturated carbocycles. The Balaban J connectivity index is 2.64. The Morgan fingerprint density at radius 1 is 1.33 bits per heavy atom. The minimum atomic E-state index is -1.58. The van der Waals surface area contributed by atoms with Gasteiger partial charge in [0.05, 0.1) is 0 Å². The molecule has 1 atom stereocenters. The summed E-state index contributed by atoms with van der Waals surface area (Å²) in [6, 6.07) is 4.65. The molecule has 0 saturated heterocycles. The van der Waals surface area contributed by atoms with Crippen LogP contribution in [0, 0.1) is 10.1 Å². The summed E-state index contributed by atoms with van der Waals surface area (Å²) in [5.74, 6) is -0.636. The Labute approximate surface area is 84.0 Å². The molecule has 0 fully saturated rings. The number of carbonyl (C=O) groups is 1. The minimum absolute atomic E-state index is 0.194. The highest BCUT2D eigenvalue weighted by Crippen LogP contribution is 2.24. The number of ketones is 1. The number of oxime groups is 1. The predicted molar refractivity (Wildman–Crippen MR) is 49.9 cm³/mol. The van der Waals surface area contributed by atoms with Crippen LogP contribution in [0.4, 0.5) is 0 Å². The number of benzene rings is 1. The monoisotopic (exact) mass is 206 g/mol. The Hall–Kier alpha value is -2.24. The van der Waals surface area contributed by atoms with Gasteiger partial charge in [0.15, 0.2) is 5.71 Å². The molecule has 0 heterocycles. The first kappa shape index (κ1) is 9.32. The summed E-state index contributed by atoms with van der Waals surface area (Å²) >= 11 is 0. The van der Waals surface area contributed by atoms with Crippen molar-refractivity contribution >= 4 is 11.5 Å². The molecule has 0 aromatic heterocycles. The van der Waals surface area contributed by atoms with Gasteiger partial charge in [0.25, 0.3) is 0 Å². The molecule has 1 aliphatic carbocycles. The third-order valence-corrected chi connectivity index (χ3v) is 2.29. The Kier molecular flexibility index (Phi) is 1.96. The number of nitro groups is 1. The molecule has 0 bridgehead atoms. The van der Waals surface area contributed by atoms with E-state index in [0.29, 0.717) is 5.56 Å². The highest BCUT2D eigenvalue weighted by Gasteiger charge is 2.45. The third-order valence-electron chi connectivity index (χ3n) is 2.29. The van der Waals surface area contributed by atoms with Gasteiger partial charge >= 0.3 is 6.04 Å². The number of nitrogens with zero attached hydrogens (tertiary/aromatic N) is 2. The van der Waals surface area contributed by atoms with E-state index < -0.39 is 16.7 Å². The van der Waals surface area contributed by atoms with E-state index in [2.05, 4.69) is 5.16 Å². The molecule has 0 unspecified atom stereocenters. The Bertz CT molecular complexity index is 481. The van der Waals surface area contributed by atoms with Crippen molar-refractivity contribution in [3.63, 3.8) is 0 Å². The van der Waals surface area contributed by atoms with Gasteiger partial charge in [0, 0.05) is 16.1 Å². The third kappa shape index (κ3) is 1.18. The molecule has 0 spiro atoms. The summed E-state index contributed by atoms with van der Waals surface area (Å²) in [7, 11) is 0. The van der Waals surface area contributed by atoms with Crippen LogP contribution < -0.4 is 0 Å². The van der Waals surface area contributed by atoms with Crippen LogP contribution in [0.25, 0.3) is 0 Å². The number of fused-ring (bicyclic) bond motifs is 1. The molecule has 2 rings (SSSR count). The van der Waals surface area contributed by atoms with Crippen LogP contribution in [0.5, 0.6) is 0 Å². The fraction of sp³-hybridized carbons (Fsp3) is 0.111. The predicted octanol–water partition coefficient (Wildman–Crippen LogP) is 0.706. The lowest BCUT2D eigenvalue weighted by atomic mass is 10.1. The van der Waals surface area contributed by atoms with E-state index in [9.17, 15) is 14.9 Å². The average Bonchev–Trinajstić information content (AvgIpc) is 2.52. The second-order valence-electron chi connectivity index (χ2n) is 3.08. The standard InChI is InChI=1S/C9H6N2O4/c12-9-6-4-2-1-3-5(6)7(10-13)8(9)11(14)15/h1-4,8,13H/b10-7+/t8-/m0/s1. The summed E-state index contributed by atoms with van der Waals surface area (Å²) in [5, 5.41) is 22.2. The summed E-state index contributed by atoms with van der Waals surface area (Å²) in [4.78, 5) is 21.5. The van der Waals surface area contributed by atoms with E-state index >= 15 is 0 Å². The summed E-state index contributed by atoms with van der Waals surface area (Å²) in [6.07, 6.45) is 0. The summed E-state index contributed by atoms with van der Waals surface area (Å²) in [5.41, 5.74) is 0.360. The second-order valence-corrected chi connectivity index (χ2v) is 3.08. The molecule has 15 heavy (non-hydrogen) atoms. The van der Waals surface area contributed by atoms with Crippen molar-refractivity contribution in [3.8, 4) is 0 Å². The molecule has 6 nitrogen and oxygen atoms in total. The zero-order chi connectivity index (χ0) is 11.0. The topological polar surface area (TPSA) is 92.8 Å². The SMILES string of the molecule is O=C1c2ccccc2/C(=N\O)[C@@H]1[N+](=O)[O-]. The Morgan fingerprint density at radius 2 is 1.93 bits per heavy atom. The first-order chi connectivity index (χ1) is 7.16.